The maximum atomic E-state index is 5.96. The first-order chi connectivity index (χ1) is 9.28. The Hall–Kier alpha value is -2.14. The topological polar surface area (TPSA) is 61.0 Å². The first-order valence-electron chi connectivity index (χ1n) is 6.05. The summed E-state index contributed by atoms with van der Waals surface area (Å²) in [6.45, 7) is 2.02. The molecule has 96 valence electrons. The number of nitrogens with zero attached hydrogens (tertiary/aromatic N) is 2. The second kappa shape index (κ2) is 4.85. The maximum absolute atomic E-state index is 5.96. The van der Waals surface area contributed by atoms with Crippen molar-refractivity contribution in [3.63, 3.8) is 0 Å². The predicted molar refractivity (Wildman–Crippen MR) is 77.7 cm³/mol. The van der Waals surface area contributed by atoms with Crippen LogP contribution < -0.4 is 10.5 Å². The zero-order valence-corrected chi connectivity index (χ0v) is 11.3. The third kappa shape index (κ3) is 2.24. The van der Waals surface area contributed by atoms with E-state index in [1.165, 1.54) is 11.5 Å². The van der Waals surface area contributed by atoms with Gasteiger partial charge in [0.15, 0.2) is 0 Å². The second-order valence-electron chi connectivity index (χ2n) is 4.13. The quantitative estimate of drug-likeness (QED) is 0.739. The summed E-state index contributed by atoms with van der Waals surface area (Å²) in [5.41, 5.74) is 6.71. The van der Waals surface area contributed by atoms with Crippen LogP contribution in [0.5, 0.6) is 10.9 Å². The number of aromatic nitrogens is 2. The van der Waals surface area contributed by atoms with Gasteiger partial charge in [-0.3, -0.25) is 0 Å². The highest BCUT2D eigenvalue weighted by molar-refractivity contribution is 7.07. The van der Waals surface area contributed by atoms with Crippen molar-refractivity contribution < 1.29 is 4.74 Å². The van der Waals surface area contributed by atoms with Gasteiger partial charge in [0.25, 0.3) is 5.19 Å². The van der Waals surface area contributed by atoms with Crippen LogP contribution in [-0.2, 0) is 6.42 Å². The monoisotopic (exact) mass is 271 g/mol. The molecular weight excluding hydrogens is 258 g/mol. The van der Waals surface area contributed by atoms with Gasteiger partial charge in [0.05, 0.1) is 0 Å². The Morgan fingerprint density at radius 1 is 1.16 bits per heavy atom. The molecule has 0 saturated carbocycles. The first-order valence-corrected chi connectivity index (χ1v) is 6.83. The molecule has 2 aromatic carbocycles. The average Bonchev–Trinajstić information content (AvgIpc) is 2.90. The molecule has 19 heavy (non-hydrogen) atoms. The lowest BCUT2D eigenvalue weighted by atomic mass is 10.1. The standard InChI is InChI=1S/C14H13N3OS/c1-2-13-16-14(19-17-13)18-12-8-7-11(15)9-5-3-4-6-10(9)12/h3-8H,2,15H2,1H3. The molecule has 3 aromatic rings. The number of hydrogen-bond donors (Lipinski definition) is 1. The molecule has 3 rings (SSSR count). The highest BCUT2D eigenvalue weighted by Gasteiger charge is 2.09. The van der Waals surface area contributed by atoms with Crippen LogP contribution in [0.4, 0.5) is 5.69 Å². The number of benzene rings is 2. The van der Waals surface area contributed by atoms with E-state index in [-0.39, 0.29) is 0 Å². The summed E-state index contributed by atoms with van der Waals surface area (Å²) in [4.78, 5) is 4.31. The third-order valence-corrected chi connectivity index (χ3v) is 3.51. The summed E-state index contributed by atoms with van der Waals surface area (Å²) in [5, 5.41) is 2.53. The Labute approximate surface area is 115 Å². The lowest BCUT2D eigenvalue weighted by Crippen LogP contribution is -1.90. The van der Waals surface area contributed by atoms with E-state index in [1.54, 1.807) is 0 Å². The van der Waals surface area contributed by atoms with Crippen molar-refractivity contribution >= 4 is 28.0 Å². The van der Waals surface area contributed by atoms with Crippen LogP contribution in [0.3, 0.4) is 0 Å². The molecule has 2 N–H and O–H groups in total. The van der Waals surface area contributed by atoms with Gasteiger partial charge in [-0.2, -0.15) is 9.36 Å². The number of fused-ring (bicyclic) bond motifs is 1. The van der Waals surface area contributed by atoms with Crippen LogP contribution in [0, 0.1) is 0 Å². The van der Waals surface area contributed by atoms with Gasteiger partial charge in [-0.25, -0.2) is 0 Å². The molecule has 0 atom stereocenters. The van der Waals surface area contributed by atoms with Crippen LogP contribution in [0.2, 0.25) is 0 Å². The molecule has 0 fully saturated rings. The van der Waals surface area contributed by atoms with Crippen molar-refractivity contribution in [1.29, 1.82) is 0 Å². The van der Waals surface area contributed by atoms with E-state index < -0.39 is 0 Å². The van der Waals surface area contributed by atoms with Crippen LogP contribution >= 0.6 is 11.5 Å². The van der Waals surface area contributed by atoms with Gasteiger partial charge >= 0.3 is 0 Å². The molecule has 0 amide bonds. The summed E-state index contributed by atoms with van der Waals surface area (Å²) in [6, 6.07) is 11.6. The summed E-state index contributed by atoms with van der Waals surface area (Å²) < 4.78 is 10.0. The van der Waals surface area contributed by atoms with Crippen molar-refractivity contribution in [3.05, 3.63) is 42.2 Å². The molecular formula is C14H13N3OS. The highest BCUT2D eigenvalue weighted by Crippen LogP contribution is 2.33. The van der Waals surface area contributed by atoms with Gasteiger partial charge in [0.2, 0.25) is 0 Å². The first kappa shape index (κ1) is 11.9. The van der Waals surface area contributed by atoms with E-state index in [1.807, 2.05) is 43.3 Å². The number of ether oxygens (including phenoxy) is 1. The van der Waals surface area contributed by atoms with Gasteiger partial charge < -0.3 is 10.5 Å². The van der Waals surface area contributed by atoms with Crippen LogP contribution in [-0.4, -0.2) is 9.36 Å². The molecule has 0 saturated heterocycles. The van der Waals surface area contributed by atoms with E-state index in [0.717, 1.165) is 34.5 Å². The molecule has 0 unspecified atom stereocenters. The Morgan fingerprint density at radius 3 is 2.68 bits per heavy atom. The van der Waals surface area contributed by atoms with Crippen molar-refractivity contribution in [2.24, 2.45) is 0 Å². The number of nitrogen functional groups attached to an aromatic ring is 1. The largest absolute Gasteiger partial charge is 0.429 e. The number of nitrogens with two attached hydrogens (primary N) is 1. The molecule has 1 heterocycles. The maximum Gasteiger partial charge on any atom is 0.298 e. The van der Waals surface area contributed by atoms with Gasteiger partial charge in [0, 0.05) is 34.4 Å². The molecule has 0 aliphatic rings. The number of rotatable bonds is 3. The Morgan fingerprint density at radius 2 is 1.95 bits per heavy atom. The SMILES string of the molecule is CCc1nsc(Oc2ccc(N)c3ccccc23)n1. The summed E-state index contributed by atoms with van der Waals surface area (Å²) in [6.07, 6.45) is 0.808. The van der Waals surface area contributed by atoms with Crippen LogP contribution in [0.15, 0.2) is 36.4 Å². The number of aryl methyl sites for hydroxylation is 1. The average molecular weight is 271 g/mol. The van der Waals surface area contributed by atoms with E-state index >= 15 is 0 Å². The van der Waals surface area contributed by atoms with Crippen molar-refractivity contribution in [3.8, 4) is 10.9 Å². The lowest BCUT2D eigenvalue weighted by Gasteiger charge is -2.07. The third-order valence-electron chi connectivity index (χ3n) is 2.88. The fourth-order valence-corrected chi connectivity index (χ4v) is 2.53. The molecule has 0 spiro atoms. The van der Waals surface area contributed by atoms with Crippen molar-refractivity contribution in [2.45, 2.75) is 13.3 Å². The summed E-state index contributed by atoms with van der Waals surface area (Å²) >= 11 is 1.27. The minimum Gasteiger partial charge on any atom is -0.429 e. The molecule has 0 aliphatic carbocycles. The van der Waals surface area contributed by atoms with Gasteiger partial charge in [0.1, 0.15) is 11.6 Å². The molecule has 0 aliphatic heterocycles. The minimum absolute atomic E-state index is 0.562. The Bertz CT molecular complexity index is 724. The molecule has 4 nitrogen and oxygen atoms in total. The van der Waals surface area contributed by atoms with E-state index in [0.29, 0.717) is 5.19 Å². The lowest BCUT2D eigenvalue weighted by molar-refractivity contribution is 0.483. The molecule has 0 radical (unpaired) electrons. The van der Waals surface area contributed by atoms with Crippen LogP contribution in [0.25, 0.3) is 10.8 Å². The van der Waals surface area contributed by atoms with E-state index in [4.69, 9.17) is 10.5 Å². The molecule has 5 heteroatoms. The highest BCUT2D eigenvalue weighted by atomic mass is 32.1. The van der Waals surface area contributed by atoms with E-state index in [9.17, 15) is 0 Å². The van der Waals surface area contributed by atoms with Crippen LogP contribution in [0.1, 0.15) is 12.7 Å². The van der Waals surface area contributed by atoms with Gasteiger partial charge in [-0.1, -0.05) is 31.2 Å². The normalized spacial score (nSPS) is 10.8. The Kier molecular flexibility index (Phi) is 3.05. The molecule has 1 aromatic heterocycles. The number of hydrogen-bond acceptors (Lipinski definition) is 5. The van der Waals surface area contributed by atoms with Crippen molar-refractivity contribution in [1.82, 2.24) is 9.36 Å². The van der Waals surface area contributed by atoms with E-state index in [2.05, 4.69) is 9.36 Å². The van der Waals surface area contributed by atoms with Crippen molar-refractivity contribution in [2.75, 3.05) is 5.73 Å². The second-order valence-corrected chi connectivity index (χ2v) is 4.85. The fourth-order valence-electron chi connectivity index (χ4n) is 1.90. The van der Waals surface area contributed by atoms with Gasteiger partial charge in [-0.05, 0) is 12.1 Å². The zero-order chi connectivity index (χ0) is 13.2. The predicted octanol–water partition coefficient (Wildman–Crippen LogP) is 3.63. The summed E-state index contributed by atoms with van der Waals surface area (Å²) in [5.74, 6) is 1.56. The zero-order valence-electron chi connectivity index (χ0n) is 10.5. The number of anilines is 1. The minimum atomic E-state index is 0.562. The molecule has 0 bridgehead atoms. The van der Waals surface area contributed by atoms with Gasteiger partial charge in [-0.15, -0.1) is 0 Å². The smallest absolute Gasteiger partial charge is 0.298 e. The summed E-state index contributed by atoms with van der Waals surface area (Å²) in [7, 11) is 0. The Balaban J connectivity index is 2.03. The fraction of sp³-hybridized carbons (Fsp3) is 0.143.